The van der Waals surface area contributed by atoms with E-state index in [9.17, 15) is 24.6 Å². The molecule has 144 valence electrons. The summed E-state index contributed by atoms with van der Waals surface area (Å²) in [4.78, 5) is 26.9. The molecule has 11 heteroatoms. The molecular weight excluding hydrogens is 395 g/mol. The summed E-state index contributed by atoms with van der Waals surface area (Å²) in [5.41, 5.74) is 0.367. The van der Waals surface area contributed by atoms with Crippen molar-refractivity contribution in [2.24, 2.45) is 0 Å². The van der Waals surface area contributed by atoms with E-state index in [1.807, 2.05) is 0 Å². The lowest BCUT2D eigenvalue weighted by Crippen LogP contribution is -1.99. The third-order valence-electron chi connectivity index (χ3n) is 3.21. The highest BCUT2D eigenvalue weighted by molar-refractivity contribution is 6.32. The molecule has 0 atom stereocenters. The number of nitrogens with zero attached hydrogens (tertiary/aromatic N) is 4. The molecule has 0 saturated heterocycles. The molecule has 2 aromatic heterocycles. The van der Waals surface area contributed by atoms with E-state index in [-0.39, 0.29) is 34.6 Å². The Labute approximate surface area is 162 Å². The van der Waals surface area contributed by atoms with Gasteiger partial charge in [0, 0.05) is 18.5 Å². The van der Waals surface area contributed by atoms with E-state index in [4.69, 9.17) is 16.3 Å². The fourth-order valence-electron chi connectivity index (χ4n) is 1.88. The highest BCUT2D eigenvalue weighted by atomic mass is 35.5. The van der Waals surface area contributed by atoms with Crippen molar-refractivity contribution in [2.45, 2.75) is 6.61 Å². The zero-order chi connectivity index (χ0) is 20.5. The van der Waals surface area contributed by atoms with Gasteiger partial charge in [0.15, 0.2) is 0 Å². The topological polar surface area (TPSA) is 121 Å². The molecule has 0 aliphatic rings. The molecule has 0 unspecified atom stereocenters. The number of hydrogen-bond acceptors (Lipinski definition) is 7. The number of halogens is 2. The summed E-state index contributed by atoms with van der Waals surface area (Å²) in [6, 6.07) is 8.52. The van der Waals surface area contributed by atoms with Gasteiger partial charge in [-0.05, 0) is 23.8 Å². The van der Waals surface area contributed by atoms with Gasteiger partial charge < -0.3 is 4.74 Å². The third kappa shape index (κ3) is 5.95. The van der Waals surface area contributed by atoms with Crippen LogP contribution in [0.1, 0.15) is 5.56 Å². The summed E-state index contributed by atoms with van der Waals surface area (Å²) >= 11 is 5.44. The molecule has 0 spiro atoms. The molecule has 0 aliphatic carbocycles. The molecule has 0 N–H and O–H groups in total. The Morgan fingerprint density at radius 3 is 2.04 bits per heavy atom. The van der Waals surface area contributed by atoms with E-state index in [1.54, 1.807) is 12.1 Å². The number of aromatic nitrogens is 2. The van der Waals surface area contributed by atoms with Crippen LogP contribution in [0.15, 0.2) is 61.2 Å². The van der Waals surface area contributed by atoms with Gasteiger partial charge in [0.2, 0.25) is 5.75 Å². The smallest absolute Gasteiger partial charge is 0.329 e. The average molecular weight is 407 g/mol. The van der Waals surface area contributed by atoms with Crippen molar-refractivity contribution in [3.63, 3.8) is 0 Å². The highest BCUT2D eigenvalue weighted by Gasteiger charge is 2.14. The maximum absolute atomic E-state index is 12.7. The lowest BCUT2D eigenvalue weighted by atomic mass is 10.2. The maximum atomic E-state index is 12.7. The second kappa shape index (κ2) is 9.88. The molecule has 0 bridgehead atoms. The Balaban J connectivity index is 0.000000237. The number of hydrogen-bond donors (Lipinski definition) is 0. The summed E-state index contributed by atoms with van der Waals surface area (Å²) < 4.78 is 18.0. The number of nitro groups is 2. The molecule has 0 aliphatic heterocycles. The van der Waals surface area contributed by atoms with Gasteiger partial charge >= 0.3 is 11.4 Å². The Morgan fingerprint density at radius 1 is 0.929 bits per heavy atom. The van der Waals surface area contributed by atoms with Crippen molar-refractivity contribution in [1.82, 2.24) is 9.97 Å². The maximum Gasteiger partial charge on any atom is 0.329 e. The second-order valence-electron chi connectivity index (χ2n) is 5.10. The quantitative estimate of drug-likeness (QED) is 0.456. The second-order valence-corrected chi connectivity index (χ2v) is 5.51. The zero-order valence-electron chi connectivity index (χ0n) is 14.1. The van der Waals surface area contributed by atoms with E-state index in [0.29, 0.717) is 0 Å². The normalized spacial score (nSPS) is 9.79. The van der Waals surface area contributed by atoms with Gasteiger partial charge in [-0.1, -0.05) is 23.7 Å². The van der Waals surface area contributed by atoms with Gasteiger partial charge in [0.05, 0.1) is 9.85 Å². The fourth-order valence-corrected chi connectivity index (χ4v) is 2.05. The third-order valence-corrected chi connectivity index (χ3v) is 3.53. The summed E-state index contributed by atoms with van der Waals surface area (Å²) in [5, 5.41) is 20.9. The minimum absolute atomic E-state index is 0.111. The molecule has 1 aromatic carbocycles. The summed E-state index contributed by atoms with van der Waals surface area (Å²) in [5.74, 6) is -0.201. The molecule has 2 heterocycles. The number of benzene rings is 1. The number of pyridine rings is 2. The van der Waals surface area contributed by atoms with E-state index in [0.717, 1.165) is 18.0 Å². The van der Waals surface area contributed by atoms with Crippen LogP contribution in [0, 0.1) is 26.0 Å². The van der Waals surface area contributed by atoms with E-state index in [2.05, 4.69) is 9.97 Å². The minimum atomic E-state index is -0.574. The molecule has 0 fully saturated rings. The van der Waals surface area contributed by atoms with Crippen LogP contribution >= 0.6 is 11.6 Å². The predicted octanol–water partition coefficient (Wildman–Crippen LogP) is 4.35. The largest absolute Gasteiger partial charge is 0.482 e. The van der Waals surface area contributed by atoms with Gasteiger partial charge in [0.25, 0.3) is 0 Å². The highest BCUT2D eigenvalue weighted by Crippen LogP contribution is 2.25. The lowest BCUT2D eigenvalue weighted by Gasteiger charge is -2.06. The summed E-state index contributed by atoms with van der Waals surface area (Å²) in [7, 11) is 0. The van der Waals surface area contributed by atoms with E-state index < -0.39 is 9.85 Å². The molecule has 28 heavy (non-hydrogen) atoms. The molecule has 0 amide bonds. The van der Waals surface area contributed by atoms with Crippen molar-refractivity contribution >= 4 is 23.0 Å². The molecular formula is C17H12ClFN4O5. The van der Waals surface area contributed by atoms with Crippen LogP contribution in [0.5, 0.6) is 5.75 Å². The van der Waals surface area contributed by atoms with Gasteiger partial charge in [-0.3, -0.25) is 30.2 Å². The van der Waals surface area contributed by atoms with Gasteiger partial charge in [-0.25, -0.2) is 4.39 Å². The molecule has 0 saturated carbocycles. The zero-order valence-corrected chi connectivity index (χ0v) is 14.8. The Bertz CT molecular complexity index is 972. The predicted molar refractivity (Wildman–Crippen MR) is 97.5 cm³/mol. The van der Waals surface area contributed by atoms with Crippen LogP contribution in [0.3, 0.4) is 0 Å². The van der Waals surface area contributed by atoms with E-state index >= 15 is 0 Å². The number of rotatable bonds is 5. The first kappa shape index (κ1) is 20.6. The molecule has 9 nitrogen and oxygen atoms in total. The van der Waals surface area contributed by atoms with Crippen LogP contribution in [0.25, 0.3) is 0 Å². The van der Waals surface area contributed by atoms with Crippen LogP contribution in [-0.4, -0.2) is 19.8 Å². The molecule has 3 aromatic rings. The minimum Gasteiger partial charge on any atom is -0.482 e. The molecule has 0 radical (unpaired) electrons. The monoisotopic (exact) mass is 406 g/mol. The van der Waals surface area contributed by atoms with Crippen LogP contribution in [0.4, 0.5) is 15.8 Å². The van der Waals surface area contributed by atoms with E-state index in [1.165, 1.54) is 36.7 Å². The van der Waals surface area contributed by atoms with Gasteiger partial charge in [-0.2, -0.15) is 0 Å². The Morgan fingerprint density at radius 2 is 1.50 bits per heavy atom. The standard InChI is InChI=1S/C12H9FN2O3.C5H3ClN2O2/c13-10-3-1-9(2-4-10)8-18-12-5-6-14-7-11(12)15(16)17;6-4-1-2-7-3-5(4)8(9)10/h1-7H,8H2;1-3H. The van der Waals surface area contributed by atoms with Crippen molar-refractivity contribution < 1.29 is 19.0 Å². The Kier molecular flexibility index (Phi) is 7.28. The number of ether oxygens (including phenoxy) is 1. The van der Waals surface area contributed by atoms with Crippen LogP contribution in [-0.2, 0) is 6.61 Å². The summed E-state index contributed by atoms with van der Waals surface area (Å²) in [6.45, 7) is 0.130. The van der Waals surface area contributed by atoms with Gasteiger partial charge in [0.1, 0.15) is 29.8 Å². The van der Waals surface area contributed by atoms with Gasteiger partial charge in [-0.15, -0.1) is 0 Å². The van der Waals surface area contributed by atoms with Crippen LogP contribution in [0.2, 0.25) is 5.02 Å². The summed E-state index contributed by atoms with van der Waals surface area (Å²) in [6.07, 6.45) is 5.05. The van der Waals surface area contributed by atoms with Crippen molar-refractivity contribution in [3.8, 4) is 5.75 Å². The Hall–Kier alpha value is -3.66. The van der Waals surface area contributed by atoms with Crippen molar-refractivity contribution in [1.29, 1.82) is 0 Å². The SMILES string of the molecule is O=[N+]([O-])c1cnccc1Cl.O=[N+]([O-])c1cnccc1OCc1ccc(F)cc1. The van der Waals surface area contributed by atoms with Crippen LogP contribution < -0.4 is 4.74 Å². The fraction of sp³-hybridized carbons (Fsp3) is 0.0588. The lowest BCUT2D eigenvalue weighted by molar-refractivity contribution is -0.386. The first-order valence-corrected chi connectivity index (χ1v) is 7.96. The first-order valence-electron chi connectivity index (χ1n) is 7.58. The van der Waals surface area contributed by atoms with Crippen molar-refractivity contribution in [2.75, 3.05) is 0 Å². The first-order chi connectivity index (χ1) is 13.4. The molecule has 3 rings (SSSR count). The van der Waals surface area contributed by atoms with Crippen molar-refractivity contribution in [3.05, 3.63) is 97.8 Å². The average Bonchev–Trinajstić information content (AvgIpc) is 2.68.